The summed E-state index contributed by atoms with van der Waals surface area (Å²) in [5, 5.41) is 0. The third kappa shape index (κ3) is 8.79. The maximum atomic E-state index is 13.6. The third-order valence-electron chi connectivity index (χ3n) is 6.49. The second-order valence-electron chi connectivity index (χ2n) is 9.79. The van der Waals surface area contributed by atoms with Gasteiger partial charge in [0.1, 0.15) is 38.3 Å². The van der Waals surface area contributed by atoms with Gasteiger partial charge in [0.05, 0.1) is 10.9 Å². The number of halogens is 9. The highest BCUT2D eigenvalue weighted by Crippen LogP contribution is 2.46. The minimum atomic E-state index is -5.87. The molecule has 3 aromatic rings. The van der Waals surface area contributed by atoms with E-state index in [1.54, 1.807) is 30.3 Å². The summed E-state index contributed by atoms with van der Waals surface area (Å²) in [6.45, 7) is -3.83. The quantitative estimate of drug-likeness (QED) is 0.0918. The van der Waals surface area contributed by atoms with Crippen molar-refractivity contribution in [2.75, 3.05) is 41.0 Å². The van der Waals surface area contributed by atoms with Crippen molar-refractivity contribution < 1.29 is 67.9 Å². The smallest absolute Gasteiger partial charge is 0.430 e. The first-order valence-electron chi connectivity index (χ1n) is 13.2. The molecular formula is C30H30F9O6S+. The summed E-state index contributed by atoms with van der Waals surface area (Å²) in [7, 11) is 1.21. The van der Waals surface area contributed by atoms with Gasteiger partial charge in [-0.1, -0.05) is 18.2 Å². The number of hydrogen-bond acceptors (Lipinski definition) is 6. The first kappa shape index (κ1) is 37.3. The average Bonchev–Trinajstić information content (AvgIpc) is 2.99. The highest BCUT2D eigenvalue weighted by atomic mass is 32.2. The number of ether oxygens (including phenoxy) is 6. The van der Waals surface area contributed by atoms with Crippen LogP contribution in [0.2, 0.25) is 0 Å². The first-order chi connectivity index (χ1) is 21.5. The van der Waals surface area contributed by atoms with Crippen LogP contribution in [-0.2, 0) is 29.8 Å². The van der Waals surface area contributed by atoms with E-state index in [4.69, 9.17) is 14.2 Å². The van der Waals surface area contributed by atoms with E-state index in [0.29, 0.717) is 9.79 Å². The van der Waals surface area contributed by atoms with Crippen molar-refractivity contribution in [3.8, 4) is 11.5 Å². The Bertz CT molecular complexity index is 1340. The number of benzene rings is 3. The fourth-order valence-electron chi connectivity index (χ4n) is 3.80. The Labute approximate surface area is 261 Å². The molecule has 0 aliphatic carbocycles. The second kappa shape index (κ2) is 15.2. The summed E-state index contributed by atoms with van der Waals surface area (Å²) < 4.78 is 151. The molecule has 6 nitrogen and oxygen atoms in total. The van der Waals surface area contributed by atoms with Gasteiger partial charge in [-0.2, -0.15) is 39.5 Å². The number of rotatable bonds is 15. The summed E-state index contributed by atoms with van der Waals surface area (Å²) in [6.07, 6.45) is -16.5. The summed E-state index contributed by atoms with van der Waals surface area (Å²) in [5.74, 6) is -0.166. The van der Waals surface area contributed by atoms with Crippen LogP contribution in [0.4, 0.5) is 39.5 Å². The third-order valence-corrected chi connectivity index (χ3v) is 8.72. The predicted molar refractivity (Wildman–Crippen MR) is 148 cm³/mol. The van der Waals surface area contributed by atoms with Gasteiger partial charge in [-0.15, -0.1) is 0 Å². The lowest BCUT2D eigenvalue weighted by Crippen LogP contribution is -2.62. The second-order valence-corrected chi connectivity index (χ2v) is 11.8. The lowest BCUT2D eigenvalue weighted by molar-refractivity contribution is -0.397. The summed E-state index contributed by atoms with van der Waals surface area (Å²) in [5.41, 5.74) is -7.28. The molecule has 0 spiro atoms. The van der Waals surface area contributed by atoms with Gasteiger partial charge in [0.25, 0.3) is 5.60 Å². The molecule has 0 radical (unpaired) electrons. The van der Waals surface area contributed by atoms with Gasteiger partial charge in [-0.3, -0.25) is 0 Å². The van der Waals surface area contributed by atoms with Gasteiger partial charge in [-0.25, -0.2) is 0 Å². The molecule has 3 rings (SSSR count). The minimum Gasteiger partial charge on any atom is -0.490 e. The van der Waals surface area contributed by atoms with Crippen LogP contribution in [0.25, 0.3) is 0 Å². The van der Waals surface area contributed by atoms with E-state index in [0.717, 1.165) is 18.9 Å². The van der Waals surface area contributed by atoms with Crippen molar-refractivity contribution in [1.29, 1.82) is 0 Å². The lowest BCUT2D eigenvalue weighted by Gasteiger charge is -2.36. The Morgan fingerprint density at radius 3 is 1.35 bits per heavy atom. The van der Waals surface area contributed by atoms with E-state index in [9.17, 15) is 39.5 Å². The number of alkyl halides is 9. The molecule has 0 aliphatic heterocycles. The van der Waals surface area contributed by atoms with Crippen LogP contribution < -0.4 is 9.47 Å². The number of methoxy groups -OCH3 is 2. The molecule has 0 heterocycles. The van der Waals surface area contributed by atoms with Crippen molar-refractivity contribution >= 4 is 10.9 Å². The highest BCUT2D eigenvalue weighted by molar-refractivity contribution is 7.97. The van der Waals surface area contributed by atoms with E-state index in [-0.39, 0.29) is 11.5 Å². The molecule has 254 valence electrons. The zero-order chi connectivity index (χ0) is 34.2. The van der Waals surface area contributed by atoms with Crippen LogP contribution in [0.1, 0.15) is 6.92 Å². The van der Waals surface area contributed by atoms with Crippen molar-refractivity contribution in [2.24, 2.45) is 0 Å². The first-order valence-corrected chi connectivity index (χ1v) is 14.4. The molecule has 0 aromatic heterocycles. The van der Waals surface area contributed by atoms with Gasteiger partial charge in [0.15, 0.2) is 20.3 Å². The average molecular weight is 690 g/mol. The van der Waals surface area contributed by atoms with E-state index in [1.165, 1.54) is 43.5 Å². The Morgan fingerprint density at radius 1 is 0.522 bits per heavy atom. The molecule has 16 heteroatoms. The van der Waals surface area contributed by atoms with Crippen LogP contribution in [0.5, 0.6) is 11.5 Å². The van der Waals surface area contributed by atoms with Gasteiger partial charge < -0.3 is 28.4 Å². The molecule has 0 saturated carbocycles. The fourth-order valence-corrected chi connectivity index (χ4v) is 5.86. The SMILES string of the molecule is COCOC(C)(COc1ccc([S+](c2ccccc2)c2ccc(OCC(OCOC)(C(F)(F)F)C(F)(F)F)cc2)cc1)C(F)(F)F. The van der Waals surface area contributed by atoms with Crippen LogP contribution in [-0.4, -0.2) is 70.8 Å². The Kier molecular flexibility index (Phi) is 12.3. The molecule has 2 unspecified atom stereocenters. The van der Waals surface area contributed by atoms with Crippen molar-refractivity contribution in [2.45, 2.75) is 51.3 Å². The fraction of sp³-hybridized carbons (Fsp3) is 0.400. The number of hydrogen-bond donors (Lipinski definition) is 0. The molecule has 0 N–H and O–H groups in total. The minimum absolute atomic E-state index is 0.120. The molecular weight excluding hydrogens is 659 g/mol. The topological polar surface area (TPSA) is 55.4 Å². The van der Waals surface area contributed by atoms with Crippen LogP contribution >= 0.6 is 0 Å². The maximum Gasteiger partial charge on any atom is 0.430 e. The largest absolute Gasteiger partial charge is 0.490 e. The molecule has 0 saturated heterocycles. The van der Waals surface area contributed by atoms with Crippen LogP contribution in [0.3, 0.4) is 0 Å². The van der Waals surface area contributed by atoms with Gasteiger partial charge in [0.2, 0.25) is 0 Å². The van der Waals surface area contributed by atoms with Crippen LogP contribution in [0, 0.1) is 0 Å². The molecule has 46 heavy (non-hydrogen) atoms. The van der Waals surface area contributed by atoms with Gasteiger partial charge >= 0.3 is 18.5 Å². The molecule has 2 atom stereocenters. The van der Waals surface area contributed by atoms with Crippen molar-refractivity contribution in [3.05, 3.63) is 78.9 Å². The summed E-state index contributed by atoms with van der Waals surface area (Å²) >= 11 is 0. The molecule has 3 aromatic carbocycles. The zero-order valence-electron chi connectivity index (χ0n) is 24.6. The van der Waals surface area contributed by atoms with Gasteiger partial charge in [-0.05, 0) is 67.6 Å². The molecule has 0 aliphatic rings. The van der Waals surface area contributed by atoms with Crippen LogP contribution in [0.15, 0.2) is 93.5 Å². The van der Waals surface area contributed by atoms with Crippen molar-refractivity contribution in [1.82, 2.24) is 0 Å². The Balaban J connectivity index is 1.85. The monoisotopic (exact) mass is 689 g/mol. The molecule has 0 fully saturated rings. The maximum absolute atomic E-state index is 13.6. The zero-order valence-corrected chi connectivity index (χ0v) is 25.4. The Morgan fingerprint density at radius 2 is 0.935 bits per heavy atom. The standard InChI is InChI=1S/C30H30F9O6S/c1-26(28(31,32)33,44-19-40-2)17-42-21-9-13-24(14-10-21)46(23-7-5-4-6-8-23)25-15-11-22(12-16-25)43-18-27(29(34,35)36,30(37,38)39)45-20-41-3/h4-16H,17-20H2,1-3H3/q+1. The highest BCUT2D eigenvalue weighted by Gasteiger charge is 2.73. The summed E-state index contributed by atoms with van der Waals surface area (Å²) in [4.78, 5) is 2.09. The van der Waals surface area contributed by atoms with Crippen molar-refractivity contribution in [3.63, 3.8) is 0 Å². The normalized spacial score (nSPS) is 14.9. The Hall–Kier alpha value is -3.18. The van der Waals surface area contributed by atoms with E-state index >= 15 is 0 Å². The van der Waals surface area contributed by atoms with Gasteiger partial charge in [0, 0.05) is 14.2 Å². The molecule has 0 bridgehead atoms. The predicted octanol–water partition coefficient (Wildman–Crippen LogP) is 7.97. The van der Waals surface area contributed by atoms with E-state index in [2.05, 4.69) is 14.2 Å². The molecule has 0 amide bonds. The lowest BCUT2D eigenvalue weighted by atomic mass is 10.0. The summed E-state index contributed by atoms with van der Waals surface area (Å²) in [6, 6.07) is 20.6. The van der Waals surface area contributed by atoms with E-state index < -0.39 is 67.4 Å². The van der Waals surface area contributed by atoms with E-state index in [1.807, 2.05) is 12.1 Å².